The lowest BCUT2D eigenvalue weighted by Gasteiger charge is -2.37. The third-order valence-electron chi connectivity index (χ3n) is 10.1. The Morgan fingerprint density at radius 3 is 2.61 bits per heavy atom. The SMILES string of the molecule is COc1ccc([Si](C)(C)[C@@H]2[C@@H](CCO)O[C@]3(C(=O)N(Cc4cccc(NC(=O)[C@H]5CCCN5)c4)c4ccccc43)[C@H]2C)cc1. The minimum Gasteiger partial charge on any atom is -0.497 e. The van der Waals surface area contributed by atoms with Crippen molar-refractivity contribution in [2.75, 3.05) is 30.5 Å². The highest BCUT2D eigenvalue weighted by atomic mass is 28.3. The topological polar surface area (TPSA) is 100 Å². The van der Waals surface area contributed by atoms with E-state index in [9.17, 15) is 14.7 Å². The van der Waals surface area contributed by atoms with Gasteiger partial charge in [-0.15, -0.1) is 0 Å². The van der Waals surface area contributed by atoms with Gasteiger partial charge in [0.1, 0.15) is 5.75 Å². The molecule has 2 fully saturated rings. The summed E-state index contributed by atoms with van der Waals surface area (Å²) in [6, 6.07) is 23.8. The normalized spacial score (nSPS) is 26.3. The van der Waals surface area contributed by atoms with Gasteiger partial charge in [-0.25, -0.2) is 0 Å². The van der Waals surface area contributed by atoms with Crippen LogP contribution in [0, 0.1) is 5.92 Å². The van der Waals surface area contributed by atoms with E-state index in [1.807, 2.05) is 65.6 Å². The molecule has 3 aromatic carbocycles. The van der Waals surface area contributed by atoms with Crippen LogP contribution < -0.4 is 25.5 Å². The number of nitrogens with one attached hydrogen (secondary N) is 2. The van der Waals surface area contributed by atoms with Crippen LogP contribution in [-0.4, -0.2) is 57.4 Å². The molecule has 2 amide bonds. The van der Waals surface area contributed by atoms with Crippen LogP contribution in [0.15, 0.2) is 72.8 Å². The Morgan fingerprint density at radius 2 is 1.91 bits per heavy atom. The number of carbonyl (C=O) groups excluding carboxylic acids is 2. The van der Waals surface area contributed by atoms with Gasteiger partial charge in [0.25, 0.3) is 5.91 Å². The molecule has 0 bridgehead atoms. The first-order valence-corrected chi connectivity index (χ1v) is 18.8. The summed E-state index contributed by atoms with van der Waals surface area (Å²) in [4.78, 5) is 29.3. The molecule has 8 nitrogen and oxygen atoms in total. The van der Waals surface area contributed by atoms with Gasteiger partial charge in [-0.3, -0.25) is 9.59 Å². The third kappa shape index (κ3) is 5.15. The molecule has 0 radical (unpaired) electrons. The first kappa shape index (κ1) is 30.5. The molecule has 5 atom stereocenters. The average Bonchev–Trinajstić information content (AvgIpc) is 3.72. The summed E-state index contributed by atoms with van der Waals surface area (Å²) in [6.07, 6.45) is 2.03. The van der Waals surface area contributed by atoms with Crippen molar-refractivity contribution in [2.24, 2.45) is 5.92 Å². The fourth-order valence-electron chi connectivity index (χ4n) is 7.89. The Morgan fingerprint density at radius 1 is 1.14 bits per heavy atom. The first-order chi connectivity index (χ1) is 21.2. The van der Waals surface area contributed by atoms with E-state index in [2.05, 4.69) is 42.8 Å². The largest absolute Gasteiger partial charge is 0.497 e. The predicted octanol–water partition coefficient (Wildman–Crippen LogP) is 4.53. The second-order valence-electron chi connectivity index (χ2n) is 12.9. The molecule has 3 N–H and O–H groups in total. The first-order valence-electron chi connectivity index (χ1n) is 15.7. The number of rotatable bonds is 9. The maximum absolute atomic E-state index is 14.7. The Hall–Kier alpha value is -3.50. The van der Waals surface area contributed by atoms with Crippen molar-refractivity contribution in [1.82, 2.24) is 5.32 Å². The molecule has 3 aliphatic heterocycles. The smallest absolute Gasteiger partial charge is 0.264 e. The van der Waals surface area contributed by atoms with Crippen molar-refractivity contribution in [2.45, 2.75) is 69.1 Å². The minimum atomic E-state index is -2.23. The predicted molar refractivity (Wildman–Crippen MR) is 175 cm³/mol. The third-order valence-corrected chi connectivity index (χ3v) is 14.4. The fourth-order valence-corrected chi connectivity index (χ4v) is 11.9. The molecule has 3 heterocycles. The maximum Gasteiger partial charge on any atom is 0.264 e. The van der Waals surface area contributed by atoms with Crippen molar-refractivity contribution < 1.29 is 24.2 Å². The zero-order valence-corrected chi connectivity index (χ0v) is 27.0. The Balaban J connectivity index is 1.32. The van der Waals surface area contributed by atoms with Crippen molar-refractivity contribution in [3.05, 3.63) is 83.9 Å². The highest BCUT2D eigenvalue weighted by molar-refractivity contribution is 6.91. The number of para-hydroxylation sites is 1. The molecule has 0 saturated carbocycles. The van der Waals surface area contributed by atoms with Crippen LogP contribution in [0.5, 0.6) is 5.75 Å². The van der Waals surface area contributed by atoms with Gasteiger partial charge in [0.05, 0.1) is 39.6 Å². The molecular weight excluding hydrogens is 570 g/mol. The van der Waals surface area contributed by atoms with Crippen LogP contribution in [0.1, 0.15) is 37.3 Å². The van der Waals surface area contributed by atoms with Crippen LogP contribution in [0.2, 0.25) is 18.6 Å². The van der Waals surface area contributed by atoms with E-state index in [0.717, 1.165) is 47.6 Å². The molecule has 1 spiro atoms. The highest BCUT2D eigenvalue weighted by Crippen LogP contribution is 2.60. The van der Waals surface area contributed by atoms with Crippen molar-refractivity contribution in [3.8, 4) is 5.75 Å². The maximum atomic E-state index is 14.7. The van der Waals surface area contributed by atoms with E-state index in [1.165, 1.54) is 5.19 Å². The van der Waals surface area contributed by atoms with Gasteiger partial charge in [-0.05, 0) is 67.2 Å². The molecule has 44 heavy (non-hydrogen) atoms. The second-order valence-corrected chi connectivity index (χ2v) is 17.6. The number of fused-ring (bicyclic) bond motifs is 2. The number of nitrogens with zero attached hydrogens (tertiary/aromatic N) is 1. The Bertz CT molecular complexity index is 1520. The molecule has 232 valence electrons. The van der Waals surface area contributed by atoms with Crippen molar-refractivity contribution in [1.29, 1.82) is 0 Å². The van der Waals surface area contributed by atoms with Gasteiger partial charge in [0.15, 0.2) is 5.60 Å². The van der Waals surface area contributed by atoms with Crippen LogP contribution in [-0.2, 0) is 26.5 Å². The molecule has 0 unspecified atom stereocenters. The number of carbonyl (C=O) groups is 2. The van der Waals surface area contributed by atoms with Crippen LogP contribution in [0.25, 0.3) is 0 Å². The van der Waals surface area contributed by atoms with E-state index >= 15 is 0 Å². The Labute approximate surface area is 260 Å². The number of hydrogen-bond acceptors (Lipinski definition) is 6. The number of aliphatic hydroxyl groups is 1. The minimum absolute atomic E-state index is 0.00843. The quantitative estimate of drug-likeness (QED) is 0.307. The number of aliphatic hydroxyl groups excluding tert-OH is 1. The van der Waals surface area contributed by atoms with Crippen molar-refractivity contribution >= 4 is 36.4 Å². The van der Waals surface area contributed by atoms with E-state index in [4.69, 9.17) is 9.47 Å². The molecule has 3 aromatic rings. The molecule has 0 aliphatic carbocycles. The molecular formula is C35H43N3O5Si. The van der Waals surface area contributed by atoms with E-state index in [0.29, 0.717) is 13.0 Å². The summed E-state index contributed by atoms with van der Waals surface area (Å²) >= 11 is 0. The summed E-state index contributed by atoms with van der Waals surface area (Å²) in [6.45, 7) is 8.04. The molecule has 6 rings (SSSR count). The molecule has 2 saturated heterocycles. The average molecular weight is 614 g/mol. The van der Waals surface area contributed by atoms with E-state index in [-0.39, 0.29) is 42.0 Å². The molecule has 3 aliphatic rings. The van der Waals surface area contributed by atoms with Gasteiger partial charge in [-0.1, -0.05) is 67.7 Å². The monoisotopic (exact) mass is 613 g/mol. The van der Waals surface area contributed by atoms with E-state index < -0.39 is 13.7 Å². The highest BCUT2D eigenvalue weighted by Gasteiger charge is 2.66. The summed E-state index contributed by atoms with van der Waals surface area (Å²) in [5, 5.41) is 17.7. The van der Waals surface area contributed by atoms with Crippen LogP contribution in [0.4, 0.5) is 11.4 Å². The summed E-state index contributed by atoms with van der Waals surface area (Å²) in [7, 11) is -0.561. The zero-order chi connectivity index (χ0) is 31.1. The number of anilines is 2. The van der Waals surface area contributed by atoms with E-state index in [1.54, 1.807) is 7.11 Å². The van der Waals surface area contributed by atoms with Crippen LogP contribution >= 0.6 is 0 Å². The lowest BCUT2D eigenvalue weighted by atomic mass is 9.82. The molecule has 9 heteroatoms. The van der Waals surface area contributed by atoms with Gasteiger partial charge >= 0.3 is 0 Å². The van der Waals surface area contributed by atoms with Gasteiger partial charge in [0.2, 0.25) is 5.91 Å². The van der Waals surface area contributed by atoms with Gasteiger partial charge in [0, 0.05) is 23.8 Å². The lowest BCUT2D eigenvalue weighted by molar-refractivity contribution is -0.146. The van der Waals surface area contributed by atoms with Crippen molar-refractivity contribution in [3.63, 3.8) is 0 Å². The summed E-state index contributed by atoms with van der Waals surface area (Å²) in [5.41, 5.74) is 2.32. The lowest BCUT2D eigenvalue weighted by Crippen LogP contribution is -2.51. The summed E-state index contributed by atoms with van der Waals surface area (Å²) in [5.74, 6) is 0.595. The summed E-state index contributed by atoms with van der Waals surface area (Å²) < 4.78 is 12.4. The number of hydrogen-bond donors (Lipinski definition) is 3. The number of amides is 2. The fraction of sp³-hybridized carbons (Fsp3) is 0.429. The number of methoxy groups -OCH3 is 1. The van der Waals surface area contributed by atoms with Crippen LogP contribution in [0.3, 0.4) is 0 Å². The van der Waals surface area contributed by atoms with Gasteiger partial charge in [-0.2, -0.15) is 0 Å². The number of ether oxygens (including phenoxy) is 2. The second kappa shape index (κ2) is 12.1. The zero-order valence-electron chi connectivity index (χ0n) is 26.0. The Kier molecular flexibility index (Phi) is 8.41. The number of benzene rings is 3. The molecule has 0 aromatic heterocycles. The standard InChI is InChI=1S/C35H43N3O5Si/c1-23-32(44(3,4)27-16-14-26(42-2)15-17-27)31(18-20-39)43-35(23)28-11-5-6-13-30(28)38(34(35)41)22-24-9-7-10-25(21-24)37-33(40)29-12-8-19-36-29/h5-7,9-11,13-17,21,23,29,31-32,36,39H,8,12,18-20,22H2,1-4H3,(H,37,40)/t23-,29+,31+,32-,35+/m0/s1. The van der Waals surface area contributed by atoms with Gasteiger partial charge < -0.3 is 30.1 Å².